The number of hydrogen-bond acceptors (Lipinski definition) is 3. The van der Waals surface area contributed by atoms with Gasteiger partial charge in [0.05, 0.1) is 23.7 Å². The van der Waals surface area contributed by atoms with Gasteiger partial charge in [0.2, 0.25) is 0 Å². The quantitative estimate of drug-likeness (QED) is 0.754. The second kappa shape index (κ2) is 8.45. The summed E-state index contributed by atoms with van der Waals surface area (Å²) in [4.78, 5) is 8.37. The molecule has 2 rings (SSSR count). The van der Waals surface area contributed by atoms with E-state index in [4.69, 9.17) is 4.74 Å². The predicted octanol–water partition coefficient (Wildman–Crippen LogP) is 4.31. The van der Waals surface area contributed by atoms with Crippen molar-refractivity contribution in [2.75, 3.05) is 7.11 Å². The Labute approximate surface area is 110 Å². The molecule has 0 saturated heterocycles. The van der Waals surface area contributed by atoms with E-state index in [1.165, 1.54) is 0 Å². The number of rotatable bonds is 1. The highest BCUT2D eigenvalue weighted by Gasteiger charge is 2.06. The number of aromatic nitrogens is 2. The van der Waals surface area contributed by atoms with E-state index in [9.17, 15) is 0 Å². The molecule has 0 unspecified atom stereocenters. The molecule has 0 spiro atoms. The molecule has 100 valence electrons. The first kappa shape index (κ1) is 16.4. The van der Waals surface area contributed by atoms with E-state index in [1.54, 1.807) is 13.4 Å². The van der Waals surface area contributed by atoms with Crippen LogP contribution in [0.2, 0.25) is 0 Å². The van der Waals surface area contributed by atoms with Crippen LogP contribution in [-0.4, -0.2) is 17.1 Å². The first-order valence-corrected chi connectivity index (χ1v) is 6.48. The Kier molecular flexibility index (Phi) is 7.68. The van der Waals surface area contributed by atoms with Crippen molar-refractivity contribution in [3.05, 3.63) is 29.7 Å². The summed E-state index contributed by atoms with van der Waals surface area (Å²) in [6.45, 7) is 12.0. The highest BCUT2D eigenvalue weighted by atomic mass is 16.5. The van der Waals surface area contributed by atoms with Crippen molar-refractivity contribution in [2.24, 2.45) is 0 Å². The van der Waals surface area contributed by atoms with Crippen LogP contribution in [0.25, 0.3) is 10.9 Å². The molecule has 0 aliphatic carbocycles. The van der Waals surface area contributed by atoms with Crippen molar-refractivity contribution in [1.29, 1.82) is 0 Å². The number of nitrogens with zero attached hydrogens (tertiary/aromatic N) is 2. The van der Waals surface area contributed by atoms with E-state index in [0.29, 0.717) is 0 Å². The average molecular weight is 248 g/mol. The van der Waals surface area contributed by atoms with Crippen LogP contribution in [0.1, 0.15) is 39.0 Å². The monoisotopic (exact) mass is 248 g/mol. The largest absolute Gasteiger partial charge is 0.496 e. The summed E-state index contributed by atoms with van der Waals surface area (Å²) in [5, 5.41) is 1.00. The SMILES string of the molecule is CC.CC.COc1cc(C)cc2ncnc(C)c12. The molecule has 1 aromatic heterocycles. The van der Waals surface area contributed by atoms with Crippen molar-refractivity contribution in [3.8, 4) is 5.75 Å². The van der Waals surface area contributed by atoms with Gasteiger partial charge < -0.3 is 4.74 Å². The summed E-state index contributed by atoms with van der Waals surface area (Å²) in [7, 11) is 1.67. The maximum absolute atomic E-state index is 5.31. The second-order valence-electron chi connectivity index (χ2n) is 3.32. The Bertz CT molecular complexity index is 481. The lowest BCUT2D eigenvalue weighted by molar-refractivity contribution is 0.419. The van der Waals surface area contributed by atoms with Crippen molar-refractivity contribution < 1.29 is 4.74 Å². The Morgan fingerprint density at radius 3 is 2.11 bits per heavy atom. The van der Waals surface area contributed by atoms with Crippen LogP contribution < -0.4 is 4.74 Å². The van der Waals surface area contributed by atoms with Crippen molar-refractivity contribution in [3.63, 3.8) is 0 Å². The molecule has 0 saturated carbocycles. The van der Waals surface area contributed by atoms with Gasteiger partial charge in [0.25, 0.3) is 0 Å². The predicted molar refractivity (Wildman–Crippen MR) is 78.3 cm³/mol. The van der Waals surface area contributed by atoms with Crippen molar-refractivity contribution >= 4 is 10.9 Å². The zero-order valence-corrected chi connectivity index (χ0v) is 12.5. The Balaban J connectivity index is 0.000000659. The van der Waals surface area contributed by atoms with Crippen LogP contribution in [0.15, 0.2) is 18.5 Å². The summed E-state index contributed by atoms with van der Waals surface area (Å²) >= 11 is 0. The molecule has 3 heteroatoms. The van der Waals surface area contributed by atoms with Crippen molar-refractivity contribution in [2.45, 2.75) is 41.5 Å². The van der Waals surface area contributed by atoms with E-state index >= 15 is 0 Å². The van der Waals surface area contributed by atoms with Gasteiger partial charge in [0.1, 0.15) is 12.1 Å². The standard InChI is InChI=1S/C11H12N2O.2C2H6/c1-7-4-9-11(10(5-7)14-3)8(2)12-6-13-9;2*1-2/h4-6H,1-3H3;2*1-2H3. The lowest BCUT2D eigenvalue weighted by atomic mass is 10.1. The minimum Gasteiger partial charge on any atom is -0.496 e. The number of aryl methyl sites for hydroxylation is 2. The van der Waals surface area contributed by atoms with E-state index in [0.717, 1.165) is 27.9 Å². The van der Waals surface area contributed by atoms with Gasteiger partial charge in [0, 0.05) is 0 Å². The second-order valence-corrected chi connectivity index (χ2v) is 3.32. The first-order valence-electron chi connectivity index (χ1n) is 6.48. The Morgan fingerprint density at radius 2 is 1.56 bits per heavy atom. The molecule has 0 fully saturated rings. The fourth-order valence-electron chi connectivity index (χ4n) is 1.60. The zero-order valence-electron chi connectivity index (χ0n) is 12.5. The third-order valence-electron chi connectivity index (χ3n) is 2.26. The van der Waals surface area contributed by atoms with Gasteiger partial charge in [-0.05, 0) is 31.5 Å². The number of benzene rings is 1. The van der Waals surface area contributed by atoms with Crippen molar-refractivity contribution in [1.82, 2.24) is 9.97 Å². The Hall–Kier alpha value is -1.64. The maximum Gasteiger partial charge on any atom is 0.130 e. The van der Waals surface area contributed by atoms with Crippen LogP contribution in [-0.2, 0) is 0 Å². The topological polar surface area (TPSA) is 35.0 Å². The highest BCUT2D eigenvalue weighted by molar-refractivity contribution is 5.87. The smallest absolute Gasteiger partial charge is 0.130 e. The minimum atomic E-state index is 0.845. The van der Waals surface area contributed by atoms with Gasteiger partial charge in [-0.3, -0.25) is 0 Å². The number of hydrogen-bond donors (Lipinski definition) is 0. The molecular formula is C15H24N2O. The zero-order chi connectivity index (χ0) is 14.1. The summed E-state index contributed by atoms with van der Waals surface area (Å²) in [5.41, 5.74) is 3.04. The van der Waals surface area contributed by atoms with Gasteiger partial charge in [-0.2, -0.15) is 0 Å². The molecule has 0 N–H and O–H groups in total. The highest BCUT2D eigenvalue weighted by Crippen LogP contribution is 2.27. The molecule has 0 radical (unpaired) electrons. The molecule has 0 bridgehead atoms. The number of fused-ring (bicyclic) bond motifs is 1. The van der Waals surface area contributed by atoms with Crippen LogP contribution in [0.5, 0.6) is 5.75 Å². The average Bonchev–Trinajstić information content (AvgIpc) is 2.42. The molecule has 1 heterocycles. The van der Waals surface area contributed by atoms with Gasteiger partial charge in [-0.1, -0.05) is 27.7 Å². The summed E-state index contributed by atoms with van der Waals surface area (Å²) in [6, 6.07) is 4.03. The van der Waals surface area contributed by atoms with Gasteiger partial charge in [0.15, 0.2) is 0 Å². The fraction of sp³-hybridized carbons (Fsp3) is 0.467. The van der Waals surface area contributed by atoms with Crippen LogP contribution in [0.4, 0.5) is 0 Å². The first-order chi connectivity index (χ1) is 8.72. The molecule has 3 nitrogen and oxygen atoms in total. The lowest BCUT2D eigenvalue weighted by Gasteiger charge is -2.07. The molecule has 0 aliphatic rings. The maximum atomic E-state index is 5.31. The fourth-order valence-corrected chi connectivity index (χ4v) is 1.60. The van der Waals surface area contributed by atoms with E-state index in [2.05, 4.69) is 9.97 Å². The molecule has 1 aromatic carbocycles. The molecule has 2 aromatic rings. The third-order valence-corrected chi connectivity index (χ3v) is 2.26. The molecular weight excluding hydrogens is 224 g/mol. The van der Waals surface area contributed by atoms with E-state index in [-0.39, 0.29) is 0 Å². The minimum absolute atomic E-state index is 0.845. The molecule has 18 heavy (non-hydrogen) atoms. The van der Waals surface area contributed by atoms with Gasteiger partial charge in [-0.15, -0.1) is 0 Å². The van der Waals surface area contributed by atoms with Crippen LogP contribution in [0, 0.1) is 13.8 Å². The van der Waals surface area contributed by atoms with Crippen LogP contribution >= 0.6 is 0 Å². The van der Waals surface area contributed by atoms with E-state index < -0.39 is 0 Å². The molecule has 0 atom stereocenters. The van der Waals surface area contributed by atoms with Gasteiger partial charge in [-0.25, -0.2) is 9.97 Å². The van der Waals surface area contributed by atoms with Gasteiger partial charge >= 0.3 is 0 Å². The summed E-state index contributed by atoms with van der Waals surface area (Å²) < 4.78 is 5.31. The third kappa shape index (κ3) is 3.69. The molecule has 0 amide bonds. The molecule has 0 aliphatic heterocycles. The van der Waals surface area contributed by atoms with E-state index in [1.807, 2.05) is 53.7 Å². The summed E-state index contributed by atoms with van der Waals surface area (Å²) in [5.74, 6) is 0.845. The Morgan fingerprint density at radius 1 is 0.944 bits per heavy atom. The number of ether oxygens (including phenoxy) is 1. The lowest BCUT2D eigenvalue weighted by Crippen LogP contribution is -1.92. The number of methoxy groups -OCH3 is 1. The summed E-state index contributed by atoms with van der Waals surface area (Å²) in [6.07, 6.45) is 1.58. The van der Waals surface area contributed by atoms with Crippen LogP contribution in [0.3, 0.4) is 0 Å². The normalized spacial score (nSPS) is 8.83.